The lowest BCUT2D eigenvalue weighted by molar-refractivity contribution is 0.580. The fourth-order valence-electron chi connectivity index (χ4n) is 1.57. The number of hydrogen-bond donors (Lipinski definition) is 3. The van der Waals surface area contributed by atoms with Crippen LogP contribution in [0.4, 0.5) is 0 Å². The number of sulfonamides is 1. The first-order valence-corrected chi connectivity index (χ1v) is 8.86. The summed E-state index contributed by atoms with van der Waals surface area (Å²) in [4.78, 5) is 8.38. The van der Waals surface area contributed by atoms with Crippen molar-refractivity contribution >= 4 is 40.0 Å². The molecule has 1 rings (SSSR count). The Kier molecular flexibility index (Phi) is 11.1. The van der Waals surface area contributed by atoms with Crippen molar-refractivity contribution in [3.63, 3.8) is 0 Å². The number of halogens is 1. The summed E-state index contributed by atoms with van der Waals surface area (Å²) in [6, 6.07) is 3.10. The van der Waals surface area contributed by atoms with E-state index in [-0.39, 0.29) is 35.4 Å². The van der Waals surface area contributed by atoms with Gasteiger partial charge in [0.1, 0.15) is 4.90 Å². The molecule has 0 spiro atoms. The molecule has 1 aromatic rings. The second-order valence-electron chi connectivity index (χ2n) is 5.13. The minimum Gasteiger partial charge on any atom is -0.357 e. The van der Waals surface area contributed by atoms with Crippen molar-refractivity contribution in [3.05, 3.63) is 24.5 Å². The number of aliphatic imine (C=N–C) groups is 1. The summed E-state index contributed by atoms with van der Waals surface area (Å²) >= 11 is 0. The smallest absolute Gasteiger partial charge is 0.242 e. The zero-order valence-corrected chi connectivity index (χ0v) is 16.9. The monoisotopic (exact) mass is 455 g/mol. The average Bonchev–Trinajstić information content (AvgIpc) is 2.49. The molecule has 0 atom stereocenters. The Morgan fingerprint density at radius 2 is 2.04 bits per heavy atom. The van der Waals surface area contributed by atoms with Crippen LogP contribution in [0, 0.1) is 5.92 Å². The third kappa shape index (κ3) is 9.06. The van der Waals surface area contributed by atoms with Gasteiger partial charge in [0.25, 0.3) is 0 Å². The largest absolute Gasteiger partial charge is 0.357 e. The molecule has 0 unspecified atom stereocenters. The Bertz CT molecular complexity index is 564. The molecule has 23 heavy (non-hydrogen) atoms. The van der Waals surface area contributed by atoms with Gasteiger partial charge in [0, 0.05) is 38.6 Å². The van der Waals surface area contributed by atoms with E-state index in [2.05, 4.69) is 39.2 Å². The number of aromatic nitrogens is 1. The van der Waals surface area contributed by atoms with E-state index >= 15 is 0 Å². The first kappa shape index (κ1) is 22.1. The van der Waals surface area contributed by atoms with Crippen LogP contribution in [-0.2, 0) is 10.0 Å². The Morgan fingerprint density at radius 3 is 2.61 bits per heavy atom. The van der Waals surface area contributed by atoms with E-state index in [1.165, 1.54) is 18.5 Å². The zero-order chi connectivity index (χ0) is 16.4. The maximum absolute atomic E-state index is 12.0. The molecule has 1 aromatic heterocycles. The molecule has 132 valence electrons. The van der Waals surface area contributed by atoms with Crippen LogP contribution in [0.15, 0.2) is 34.4 Å². The third-order valence-corrected chi connectivity index (χ3v) is 4.06. The van der Waals surface area contributed by atoms with Crippen molar-refractivity contribution in [1.82, 2.24) is 20.3 Å². The highest BCUT2D eigenvalue weighted by Crippen LogP contribution is 2.04. The van der Waals surface area contributed by atoms with Crippen LogP contribution >= 0.6 is 24.0 Å². The lowest BCUT2D eigenvalue weighted by Crippen LogP contribution is -2.41. The van der Waals surface area contributed by atoms with Crippen molar-refractivity contribution in [2.45, 2.75) is 25.7 Å². The van der Waals surface area contributed by atoms with Crippen molar-refractivity contribution < 1.29 is 8.42 Å². The number of pyridine rings is 1. The van der Waals surface area contributed by atoms with E-state index < -0.39 is 10.0 Å². The fraction of sp³-hybridized carbons (Fsp3) is 0.571. The first-order valence-electron chi connectivity index (χ1n) is 7.37. The Labute approximate surface area is 155 Å². The molecule has 0 aliphatic carbocycles. The molecule has 0 amide bonds. The molecule has 3 N–H and O–H groups in total. The highest BCUT2D eigenvalue weighted by Gasteiger charge is 2.12. The molecule has 0 saturated carbocycles. The molecule has 0 aromatic carbocycles. The van der Waals surface area contributed by atoms with Crippen LogP contribution in [0.25, 0.3) is 0 Å². The van der Waals surface area contributed by atoms with Crippen LogP contribution in [0.2, 0.25) is 0 Å². The van der Waals surface area contributed by atoms with E-state index in [1.807, 2.05) is 6.92 Å². The maximum Gasteiger partial charge on any atom is 0.242 e. The normalized spacial score (nSPS) is 11.9. The zero-order valence-electron chi connectivity index (χ0n) is 13.7. The number of guanidine groups is 1. The van der Waals surface area contributed by atoms with Gasteiger partial charge >= 0.3 is 0 Å². The first-order chi connectivity index (χ1) is 10.5. The van der Waals surface area contributed by atoms with Gasteiger partial charge in [0.2, 0.25) is 10.0 Å². The molecule has 1 heterocycles. The van der Waals surface area contributed by atoms with Crippen molar-refractivity contribution in [1.29, 1.82) is 0 Å². The average molecular weight is 455 g/mol. The molecule has 0 aliphatic heterocycles. The highest BCUT2D eigenvalue weighted by atomic mass is 127. The van der Waals surface area contributed by atoms with Crippen LogP contribution < -0.4 is 15.4 Å². The van der Waals surface area contributed by atoms with Gasteiger partial charge in [-0.25, -0.2) is 13.1 Å². The molecule has 7 nitrogen and oxygen atoms in total. The SMILES string of the molecule is CCNC(=NCC(C)C)NCCNS(=O)(=O)c1cccnc1.I. The Balaban J connectivity index is 0.00000484. The van der Waals surface area contributed by atoms with Crippen molar-refractivity contribution in [3.8, 4) is 0 Å². The van der Waals surface area contributed by atoms with E-state index in [9.17, 15) is 8.42 Å². The number of nitrogens with one attached hydrogen (secondary N) is 3. The molecule has 0 saturated heterocycles. The lowest BCUT2D eigenvalue weighted by atomic mass is 10.2. The van der Waals surface area contributed by atoms with Crippen LogP contribution in [-0.4, -0.2) is 45.5 Å². The van der Waals surface area contributed by atoms with Gasteiger partial charge in [-0.3, -0.25) is 9.98 Å². The summed E-state index contributed by atoms with van der Waals surface area (Å²) in [6.45, 7) is 8.36. The summed E-state index contributed by atoms with van der Waals surface area (Å²) in [6.07, 6.45) is 2.86. The summed E-state index contributed by atoms with van der Waals surface area (Å²) in [5.74, 6) is 1.16. The Hall–Kier alpha value is -0.940. The van der Waals surface area contributed by atoms with Gasteiger partial charge in [-0.2, -0.15) is 0 Å². The van der Waals surface area contributed by atoms with Crippen molar-refractivity contribution in [2.75, 3.05) is 26.2 Å². The van der Waals surface area contributed by atoms with Gasteiger partial charge < -0.3 is 10.6 Å². The molecule has 0 radical (unpaired) electrons. The topological polar surface area (TPSA) is 95.5 Å². The molecule has 0 bridgehead atoms. The fourth-order valence-corrected chi connectivity index (χ4v) is 2.57. The van der Waals surface area contributed by atoms with E-state index in [0.29, 0.717) is 18.4 Å². The molecule has 9 heteroatoms. The summed E-state index contributed by atoms with van der Waals surface area (Å²) in [5.41, 5.74) is 0. The number of nitrogens with zero attached hydrogens (tertiary/aromatic N) is 2. The highest BCUT2D eigenvalue weighted by molar-refractivity contribution is 14.0. The van der Waals surface area contributed by atoms with Crippen LogP contribution in [0.3, 0.4) is 0 Å². The third-order valence-electron chi connectivity index (χ3n) is 2.61. The quantitative estimate of drug-likeness (QED) is 0.237. The second-order valence-corrected chi connectivity index (χ2v) is 6.89. The minimum absolute atomic E-state index is 0. The van der Waals surface area contributed by atoms with Gasteiger partial charge in [0.05, 0.1) is 0 Å². The maximum atomic E-state index is 12.0. The molecule has 0 aliphatic rings. The summed E-state index contributed by atoms with van der Waals surface area (Å²) in [5, 5.41) is 6.22. The van der Waals surface area contributed by atoms with Crippen molar-refractivity contribution in [2.24, 2.45) is 10.9 Å². The van der Waals surface area contributed by atoms with Crippen LogP contribution in [0.5, 0.6) is 0 Å². The summed E-state index contributed by atoms with van der Waals surface area (Å²) in [7, 11) is -3.51. The molecular weight excluding hydrogens is 429 g/mol. The van der Waals surface area contributed by atoms with Gasteiger partial charge in [-0.1, -0.05) is 13.8 Å². The molecular formula is C14H26IN5O2S. The Morgan fingerprint density at radius 1 is 1.30 bits per heavy atom. The summed E-state index contributed by atoms with van der Waals surface area (Å²) < 4.78 is 26.5. The second kappa shape index (κ2) is 11.6. The van der Waals surface area contributed by atoms with Gasteiger partial charge in [-0.15, -0.1) is 24.0 Å². The van der Waals surface area contributed by atoms with Gasteiger partial charge in [-0.05, 0) is 25.0 Å². The number of hydrogen-bond acceptors (Lipinski definition) is 4. The molecule has 0 fully saturated rings. The van der Waals surface area contributed by atoms with E-state index in [4.69, 9.17) is 0 Å². The van der Waals surface area contributed by atoms with E-state index in [1.54, 1.807) is 6.07 Å². The van der Waals surface area contributed by atoms with E-state index in [0.717, 1.165) is 13.1 Å². The minimum atomic E-state index is -3.51. The number of rotatable bonds is 8. The van der Waals surface area contributed by atoms with Crippen LogP contribution in [0.1, 0.15) is 20.8 Å². The lowest BCUT2D eigenvalue weighted by Gasteiger charge is -2.12. The standard InChI is InChI=1S/C14H25N5O2S.HI/c1-4-16-14(18-10-12(2)3)17-8-9-19-22(20,21)13-6-5-7-15-11-13;/h5-7,11-12,19H,4,8-10H2,1-3H3,(H2,16,17,18);1H. The predicted octanol–water partition coefficient (Wildman–Crippen LogP) is 1.19. The van der Waals surface area contributed by atoms with Gasteiger partial charge in [0.15, 0.2) is 5.96 Å². The predicted molar refractivity (Wildman–Crippen MR) is 104 cm³/mol.